The molecule has 1 rings (SSSR count). The third-order valence-electron chi connectivity index (χ3n) is 2.06. The van der Waals surface area contributed by atoms with Crippen LogP contribution < -0.4 is 10.1 Å². The van der Waals surface area contributed by atoms with Crippen LogP contribution in [0.25, 0.3) is 0 Å². The van der Waals surface area contributed by atoms with Crippen molar-refractivity contribution in [2.75, 3.05) is 19.0 Å². The van der Waals surface area contributed by atoms with E-state index in [4.69, 9.17) is 9.84 Å². The van der Waals surface area contributed by atoms with Gasteiger partial charge in [-0.2, -0.15) is 0 Å². The average Bonchev–Trinajstić information content (AvgIpc) is 2.28. The lowest BCUT2D eigenvalue weighted by Gasteiger charge is -2.07. The fourth-order valence-corrected chi connectivity index (χ4v) is 1.24. The van der Waals surface area contributed by atoms with Gasteiger partial charge in [0.2, 0.25) is 0 Å². The maximum Gasteiger partial charge on any atom is 0.305 e. The van der Waals surface area contributed by atoms with Gasteiger partial charge in [-0.05, 0) is 12.1 Å². The highest BCUT2D eigenvalue weighted by Gasteiger charge is 2.14. The molecule has 0 aliphatic rings. The van der Waals surface area contributed by atoms with E-state index >= 15 is 0 Å². The Bertz CT molecular complexity index is 433. The number of hydrogen-bond donors (Lipinski definition) is 2. The van der Waals surface area contributed by atoms with Crippen LogP contribution in [0.1, 0.15) is 6.42 Å². The first-order valence-electron chi connectivity index (χ1n) is 4.82. The van der Waals surface area contributed by atoms with E-state index < -0.39 is 10.9 Å². The number of carbonyl (C=O) groups is 1. The van der Waals surface area contributed by atoms with E-state index in [-0.39, 0.29) is 24.3 Å². The number of nitro benzene ring substituents is 1. The van der Waals surface area contributed by atoms with Crippen molar-refractivity contribution >= 4 is 17.3 Å². The molecule has 1 aromatic carbocycles. The predicted molar refractivity (Wildman–Crippen MR) is 60.4 cm³/mol. The molecule has 0 fully saturated rings. The van der Waals surface area contributed by atoms with Gasteiger partial charge in [0, 0.05) is 6.54 Å². The molecule has 0 radical (unpaired) electrons. The van der Waals surface area contributed by atoms with Crippen molar-refractivity contribution in [2.24, 2.45) is 0 Å². The number of hydrogen-bond acceptors (Lipinski definition) is 5. The number of nitrogens with one attached hydrogen (secondary N) is 1. The summed E-state index contributed by atoms with van der Waals surface area (Å²) in [5.41, 5.74) is 0.131. The van der Waals surface area contributed by atoms with Crippen LogP contribution in [0.15, 0.2) is 18.2 Å². The van der Waals surface area contributed by atoms with Gasteiger partial charge in [0.05, 0.1) is 24.5 Å². The SMILES string of the molecule is COc1ccc(NCCC(=O)O)c([N+](=O)[O-])c1. The molecule has 0 amide bonds. The van der Waals surface area contributed by atoms with Crippen molar-refractivity contribution in [2.45, 2.75) is 6.42 Å². The zero-order valence-electron chi connectivity index (χ0n) is 9.17. The van der Waals surface area contributed by atoms with Gasteiger partial charge < -0.3 is 15.2 Å². The van der Waals surface area contributed by atoms with Gasteiger partial charge in [0.1, 0.15) is 11.4 Å². The van der Waals surface area contributed by atoms with Crippen molar-refractivity contribution in [3.8, 4) is 5.75 Å². The molecule has 1 aromatic rings. The van der Waals surface area contributed by atoms with E-state index in [1.807, 2.05) is 0 Å². The van der Waals surface area contributed by atoms with Crippen molar-refractivity contribution in [3.63, 3.8) is 0 Å². The fraction of sp³-hybridized carbons (Fsp3) is 0.300. The largest absolute Gasteiger partial charge is 0.496 e. The minimum absolute atomic E-state index is 0.108. The van der Waals surface area contributed by atoms with Gasteiger partial charge in [0.25, 0.3) is 5.69 Å². The Morgan fingerprint density at radius 3 is 2.82 bits per heavy atom. The predicted octanol–water partition coefficient (Wildman–Crippen LogP) is 1.49. The standard InChI is InChI=1S/C10H12N2O5/c1-17-7-2-3-8(9(6-7)12(15)16)11-5-4-10(13)14/h2-3,6,11H,4-5H2,1H3,(H,13,14). The second-order valence-electron chi connectivity index (χ2n) is 3.21. The Balaban J connectivity index is 2.83. The summed E-state index contributed by atoms with van der Waals surface area (Å²) in [6.07, 6.45) is -0.108. The van der Waals surface area contributed by atoms with E-state index in [2.05, 4.69) is 5.32 Å². The van der Waals surface area contributed by atoms with Crippen LogP contribution >= 0.6 is 0 Å². The molecule has 7 nitrogen and oxygen atoms in total. The third-order valence-corrected chi connectivity index (χ3v) is 2.06. The van der Waals surface area contributed by atoms with E-state index in [1.54, 1.807) is 6.07 Å². The van der Waals surface area contributed by atoms with Crippen LogP contribution in [-0.4, -0.2) is 29.7 Å². The molecular formula is C10H12N2O5. The summed E-state index contributed by atoms with van der Waals surface area (Å²) >= 11 is 0. The highest BCUT2D eigenvalue weighted by molar-refractivity contribution is 5.69. The number of carboxylic acid groups (broad SMARTS) is 1. The Morgan fingerprint density at radius 2 is 2.29 bits per heavy atom. The van der Waals surface area contributed by atoms with E-state index in [0.29, 0.717) is 5.75 Å². The molecule has 0 unspecified atom stereocenters. The Hall–Kier alpha value is -2.31. The number of ether oxygens (including phenoxy) is 1. The molecule has 2 N–H and O–H groups in total. The number of carboxylic acids is 1. The van der Waals surface area contributed by atoms with Crippen molar-refractivity contribution in [1.82, 2.24) is 0 Å². The molecule has 7 heteroatoms. The lowest BCUT2D eigenvalue weighted by Crippen LogP contribution is -2.08. The molecule has 0 aromatic heterocycles. The van der Waals surface area contributed by atoms with Gasteiger partial charge >= 0.3 is 5.97 Å². The van der Waals surface area contributed by atoms with Crippen LogP contribution in [0, 0.1) is 10.1 Å². The van der Waals surface area contributed by atoms with Gasteiger partial charge in [0.15, 0.2) is 0 Å². The summed E-state index contributed by atoms with van der Waals surface area (Å²) in [6, 6.07) is 4.33. The van der Waals surface area contributed by atoms with Crippen LogP contribution in [0.3, 0.4) is 0 Å². The average molecular weight is 240 g/mol. The molecule has 0 aliphatic heterocycles. The summed E-state index contributed by atoms with van der Waals surface area (Å²) in [7, 11) is 1.41. The lowest BCUT2D eigenvalue weighted by molar-refractivity contribution is -0.384. The first kappa shape index (κ1) is 12.8. The van der Waals surface area contributed by atoms with E-state index in [9.17, 15) is 14.9 Å². The molecule has 0 spiro atoms. The van der Waals surface area contributed by atoms with Gasteiger partial charge in [-0.3, -0.25) is 14.9 Å². The molecule has 92 valence electrons. The van der Waals surface area contributed by atoms with Crippen LogP contribution in [0.5, 0.6) is 5.75 Å². The molecule has 0 heterocycles. The van der Waals surface area contributed by atoms with Crippen molar-refractivity contribution in [3.05, 3.63) is 28.3 Å². The lowest BCUT2D eigenvalue weighted by atomic mass is 10.2. The number of aliphatic carboxylic acids is 1. The van der Waals surface area contributed by atoms with Crippen molar-refractivity contribution in [1.29, 1.82) is 0 Å². The highest BCUT2D eigenvalue weighted by atomic mass is 16.6. The second-order valence-corrected chi connectivity index (χ2v) is 3.21. The second kappa shape index (κ2) is 5.69. The number of benzene rings is 1. The monoisotopic (exact) mass is 240 g/mol. The molecular weight excluding hydrogens is 228 g/mol. The summed E-state index contributed by atoms with van der Waals surface area (Å²) in [6.45, 7) is 0.127. The van der Waals surface area contributed by atoms with E-state index in [1.165, 1.54) is 19.2 Å². The summed E-state index contributed by atoms with van der Waals surface area (Å²) < 4.78 is 4.88. The maximum atomic E-state index is 10.8. The van der Waals surface area contributed by atoms with E-state index in [0.717, 1.165) is 0 Å². The zero-order valence-corrected chi connectivity index (χ0v) is 9.17. The topological polar surface area (TPSA) is 102 Å². The molecule has 0 aliphatic carbocycles. The van der Waals surface area contributed by atoms with Crippen LogP contribution in [-0.2, 0) is 4.79 Å². The van der Waals surface area contributed by atoms with Gasteiger partial charge in [-0.25, -0.2) is 0 Å². The Morgan fingerprint density at radius 1 is 1.59 bits per heavy atom. The third kappa shape index (κ3) is 3.63. The first-order valence-corrected chi connectivity index (χ1v) is 4.82. The number of nitro groups is 1. The Labute approximate surface area is 97.2 Å². The molecule has 0 bridgehead atoms. The summed E-state index contributed by atoms with van der Waals surface area (Å²) in [5, 5.41) is 21.9. The molecule has 0 saturated carbocycles. The number of nitrogens with zero attached hydrogens (tertiary/aromatic N) is 1. The Kier molecular flexibility index (Phi) is 4.27. The summed E-state index contributed by atoms with van der Waals surface area (Å²) in [4.78, 5) is 20.5. The normalized spacial score (nSPS) is 9.71. The number of rotatable bonds is 6. The highest BCUT2D eigenvalue weighted by Crippen LogP contribution is 2.28. The molecule has 0 saturated heterocycles. The fourth-order valence-electron chi connectivity index (χ4n) is 1.24. The maximum absolute atomic E-state index is 10.8. The van der Waals surface area contributed by atoms with Gasteiger partial charge in [-0.15, -0.1) is 0 Å². The first-order chi connectivity index (χ1) is 8.04. The quantitative estimate of drug-likeness (QED) is 0.577. The van der Waals surface area contributed by atoms with Crippen LogP contribution in [0.4, 0.5) is 11.4 Å². The number of methoxy groups -OCH3 is 1. The summed E-state index contributed by atoms with van der Waals surface area (Å²) in [5.74, 6) is -0.589. The zero-order chi connectivity index (χ0) is 12.8. The minimum Gasteiger partial charge on any atom is -0.496 e. The molecule has 17 heavy (non-hydrogen) atoms. The van der Waals surface area contributed by atoms with Crippen LogP contribution in [0.2, 0.25) is 0 Å². The smallest absolute Gasteiger partial charge is 0.305 e. The van der Waals surface area contributed by atoms with Gasteiger partial charge in [-0.1, -0.05) is 0 Å². The molecule has 0 atom stereocenters. The number of anilines is 1. The van der Waals surface area contributed by atoms with Crippen molar-refractivity contribution < 1.29 is 19.6 Å². The minimum atomic E-state index is -0.964.